The SMILES string of the molecule is CCC(C)(C)Oc1cc(Oc2ccc(C(=O)N(C)C)cc2)cc(C(=O)Nc2ccn(C)n2)c1. The number of anilines is 1. The van der Waals surface area contributed by atoms with Crippen LogP contribution in [0.25, 0.3) is 0 Å². The smallest absolute Gasteiger partial charge is 0.257 e. The van der Waals surface area contributed by atoms with Crippen molar-refractivity contribution in [2.45, 2.75) is 32.8 Å². The van der Waals surface area contributed by atoms with Crippen LogP contribution in [0.2, 0.25) is 0 Å². The van der Waals surface area contributed by atoms with E-state index in [9.17, 15) is 9.59 Å². The van der Waals surface area contributed by atoms with Crippen molar-refractivity contribution in [3.8, 4) is 17.2 Å². The van der Waals surface area contributed by atoms with Gasteiger partial charge in [0.15, 0.2) is 5.82 Å². The Balaban J connectivity index is 1.88. The van der Waals surface area contributed by atoms with Gasteiger partial charge in [0.2, 0.25) is 0 Å². The molecule has 33 heavy (non-hydrogen) atoms. The van der Waals surface area contributed by atoms with Crippen LogP contribution >= 0.6 is 0 Å². The minimum atomic E-state index is -0.415. The number of aryl methyl sites for hydroxylation is 1. The molecule has 1 heterocycles. The Bertz CT molecular complexity index is 1130. The lowest BCUT2D eigenvalue weighted by Gasteiger charge is -2.25. The predicted molar refractivity (Wildman–Crippen MR) is 127 cm³/mol. The average molecular weight is 451 g/mol. The van der Waals surface area contributed by atoms with Crippen molar-refractivity contribution in [3.05, 3.63) is 65.9 Å². The first-order chi connectivity index (χ1) is 15.6. The van der Waals surface area contributed by atoms with E-state index >= 15 is 0 Å². The highest BCUT2D eigenvalue weighted by molar-refractivity contribution is 6.04. The minimum absolute atomic E-state index is 0.0905. The molecule has 0 aliphatic carbocycles. The van der Waals surface area contributed by atoms with Gasteiger partial charge in [0.1, 0.15) is 22.8 Å². The maximum absolute atomic E-state index is 12.9. The third-order valence-electron chi connectivity index (χ3n) is 5.09. The quantitative estimate of drug-likeness (QED) is 0.536. The lowest BCUT2D eigenvalue weighted by atomic mass is 10.1. The van der Waals surface area contributed by atoms with E-state index in [2.05, 4.69) is 10.4 Å². The molecule has 2 aromatic carbocycles. The van der Waals surface area contributed by atoms with Gasteiger partial charge in [-0.05, 0) is 56.7 Å². The van der Waals surface area contributed by atoms with Gasteiger partial charge in [-0.15, -0.1) is 0 Å². The molecule has 0 bridgehead atoms. The average Bonchev–Trinajstić information content (AvgIpc) is 3.17. The number of nitrogens with zero attached hydrogens (tertiary/aromatic N) is 3. The summed E-state index contributed by atoms with van der Waals surface area (Å²) in [5, 5.41) is 6.97. The van der Waals surface area contributed by atoms with Gasteiger partial charge in [0, 0.05) is 50.6 Å². The van der Waals surface area contributed by atoms with Crippen LogP contribution in [0.4, 0.5) is 5.82 Å². The van der Waals surface area contributed by atoms with E-state index in [0.29, 0.717) is 34.2 Å². The molecule has 3 aromatic rings. The summed E-state index contributed by atoms with van der Waals surface area (Å²) in [5.74, 6) is 1.53. The summed E-state index contributed by atoms with van der Waals surface area (Å²) in [6.45, 7) is 5.99. The van der Waals surface area contributed by atoms with Crippen molar-refractivity contribution in [2.24, 2.45) is 7.05 Å². The molecule has 1 aromatic heterocycles. The molecule has 0 fully saturated rings. The fourth-order valence-electron chi connectivity index (χ4n) is 2.94. The Morgan fingerprint density at radius 3 is 2.24 bits per heavy atom. The zero-order valence-corrected chi connectivity index (χ0v) is 19.9. The molecule has 0 unspecified atom stereocenters. The Labute approximate surface area is 194 Å². The summed E-state index contributed by atoms with van der Waals surface area (Å²) in [4.78, 5) is 26.5. The summed E-state index contributed by atoms with van der Waals surface area (Å²) in [7, 11) is 5.18. The Morgan fingerprint density at radius 2 is 1.67 bits per heavy atom. The molecular weight excluding hydrogens is 420 g/mol. The van der Waals surface area contributed by atoms with Crippen LogP contribution in [0.5, 0.6) is 17.2 Å². The molecule has 0 spiro atoms. The summed E-state index contributed by atoms with van der Waals surface area (Å²) in [5.41, 5.74) is 0.519. The number of aromatic nitrogens is 2. The monoisotopic (exact) mass is 450 g/mol. The molecule has 1 N–H and O–H groups in total. The summed E-state index contributed by atoms with van der Waals surface area (Å²) in [6, 6.07) is 13.6. The maximum Gasteiger partial charge on any atom is 0.257 e. The van der Waals surface area contributed by atoms with E-state index in [1.807, 2.05) is 20.8 Å². The number of benzene rings is 2. The fraction of sp³-hybridized carbons (Fsp3) is 0.320. The van der Waals surface area contributed by atoms with E-state index < -0.39 is 5.60 Å². The van der Waals surface area contributed by atoms with Crippen LogP contribution in [0.3, 0.4) is 0 Å². The molecule has 3 rings (SSSR count). The van der Waals surface area contributed by atoms with Crippen molar-refractivity contribution < 1.29 is 19.1 Å². The number of nitrogens with one attached hydrogen (secondary N) is 1. The number of amides is 2. The lowest BCUT2D eigenvalue weighted by molar-refractivity contribution is 0.0827. The van der Waals surface area contributed by atoms with Crippen LogP contribution in [-0.2, 0) is 7.05 Å². The predicted octanol–water partition coefficient (Wildman–Crippen LogP) is 4.73. The highest BCUT2D eigenvalue weighted by Crippen LogP contribution is 2.31. The number of carbonyl (C=O) groups excluding carboxylic acids is 2. The first kappa shape index (κ1) is 23.8. The Morgan fingerprint density at radius 1 is 1.00 bits per heavy atom. The number of rotatable bonds is 8. The second-order valence-corrected chi connectivity index (χ2v) is 8.56. The summed E-state index contributed by atoms with van der Waals surface area (Å²) < 4.78 is 13.7. The van der Waals surface area contributed by atoms with Crippen LogP contribution in [-0.4, -0.2) is 46.2 Å². The largest absolute Gasteiger partial charge is 0.488 e. The molecule has 0 saturated carbocycles. The van der Waals surface area contributed by atoms with E-state index in [1.165, 1.54) is 4.90 Å². The van der Waals surface area contributed by atoms with Gasteiger partial charge in [-0.3, -0.25) is 14.3 Å². The van der Waals surface area contributed by atoms with Gasteiger partial charge in [-0.1, -0.05) is 6.92 Å². The second-order valence-electron chi connectivity index (χ2n) is 8.56. The molecule has 0 radical (unpaired) electrons. The molecular formula is C25H30N4O4. The first-order valence-electron chi connectivity index (χ1n) is 10.7. The zero-order chi connectivity index (χ0) is 24.2. The highest BCUT2D eigenvalue weighted by Gasteiger charge is 2.19. The molecule has 8 nitrogen and oxygen atoms in total. The standard InChI is InChI=1S/C25H30N4O4/c1-7-25(2,3)33-21-15-18(23(30)26-22-12-13-29(6)27-22)14-20(16-21)32-19-10-8-17(9-11-19)24(31)28(4)5/h8-16H,7H2,1-6H3,(H,26,27,30). The van der Waals surface area contributed by atoms with Crippen molar-refractivity contribution in [1.29, 1.82) is 0 Å². The van der Waals surface area contributed by atoms with Crippen LogP contribution in [0, 0.1) is 0 Å². The van der Waals surface area contributed by atoms with Crippen LogP contribution in [0.15, 0.2) is 54.7 Å². The van der Waals surface area contributed by atoms with E-state index in [0.717, 1.165) is 6.42 Å². The fourth-order valence-corrected chi connectivity index (χ4v) is 2.94. The molecule has 2 amide bonds. The van der Waals surface area contributed by atoms with Crippen LogP contribution in [0.1, 0.15) is 47.9 Å². The minimum Gasteiger partial charge on any atom is -0.488 e. The van der Waals surface area contributed by atoms with E-state index in [1.54, 1.807) is 80.6 Å². The molecule has 0 atom stereocenters. The van der Waals surface area contributed by atoms with Crippen molar-refractivity contribution >= 4 is 17.6 Å². The maximum atomic E-state index is 12.9. The van der Waals surface area contributed by atoms with E-state index in [-0.39, 0.29) is 11.8 Å². The number of hydrogen-bond donors (Lipinski definition) is 1. The highest BCUT2D eigenvalue weighted by atomic mass is 16.5. The van der Waals surface area contributed by atoms with Crippen molar-refractivity contribution in [3.63, 3.8) is 0 Å². The number of hydrogen-bond acceptors (Lipinski definition) is 5. The molecule has 174 valence electrons. The van der Waals surface area contributed by atoms with E-state index in [4.69, 9.17) is 9.47 Å². The van der Waals surface area contributed by atoms with Crippen molar-refractivity contribution in [2.75, 3.05) is 19.4 Å². The van der Waals surface area contributed by atoms with Gasteiger partial charge in [0.05, 0.1) is 0 Å². The Hall–Kier alpha value is -3.81. The lowest BCUT2D eigenvalue weighted by Crippen LogP contribution is -2.27. The van der Waals surface area contributed by atoms with Gasteiger partial charge in [-0.25, -0.2) is 0 Å². The summed E-state index contributed by atoms with van der Waals surface area (Å²) >= 11 is 0. The Kier molecular flexibility index (Phi) is 7.06. The third kappa shape index (κ3) is 6.35. The third-order valence-corrected chi connectivity index (χ3v) is 5.09. The zero-order valence-electron chi connectivity index (χ0n) is 19.9. The molecule has 0 aliphatic rings. The molecule has 0 saturated heterocycles. The number of carbonyl (C=O) groups is 2. The van der Waals surface area contributed by atoms with Gasteiger partial charge < -0.3 is 19.7 Å². The van der Waals surface area contributed by atoms with Gasteiger partial charge >= 0.3 is 0 Å². The molecule has 8 heteroatoms. The number of ether oxygens (including phenoxy) is 2. The molecule has 0 aliphatic heterocycles. The normalized spacial score (nSPS) is 11.1. The summed E-state index contributed by atoms with van der Waals surface area (Å²) in [6.07, 6.45) is 2.53. The first-order valence-corrected chi connectivity index (χ1v) is 10.7. The topological polar surface area (TPSA) is 85.7 Å². The van der Waals surface area contributed by atoms with Crippen molar-refractivity contribution in [1.82, 2.24) is 14.7 Å². The van der Waals surface area contributed by atoms with Gasteiger partial charge in [-0.2, -0.15) is 5.10 Å². The van der Waals surface area contributed by atoms with Crippen LogP contribution < -0.4 is 14.8 Å². The van der Waals surface area contributed by atoms with Gasteiger partial charge in [0.25, 0.3) is 11.8 Å². The second kappa shape index (κ2) is 9.77.